The Bertz CT molecular complexity index is 594. The molecule has 0 saturated carbocycles. The highest BCUT2D eigenvalue weighted by atomic mass is 19.1. The summed E-state index contributed by atoms with van der Waals surface area (Å²) in [5.74, 6) is -0.578. The predicted molar refractivity (Wildman–Crippen MR) is 94.4 cm³/mol. The van der Waals surface area contributed by atoms with Crippen LogP contribution in [0, 0.1) is 5.82 Å². The van der Waals surface area contributed by atoms with E-state index in [0.717, 1.165) is 18.5 Å². The van der Waals surface area contributed by atoms with Crippen LogP contribution in [0.15, 0.2) is 24.3 Å². The van der Waals surface area contributed by atoms with E-state index in [1.165, 1.54) is 12.1 Å². The molecule has 2 amide bonds. The fraction of sp³-hybridized carbons (Fsp3) is 0.556. The van der Waals surface area contributed by atoms with Gasteiger partial charge in [0.25, 0.3) is 0 Å². The summed E-state index contributed by atoms with van der Waals surface area (Å²) in [5.41, 5.74) is 0.797. The Labute approximate surface area is 148 Å². The Morgan fingerprint density at radius 3 is 2.96 bits per heavy atom. The van der Waals surface area contributed by atoms with Crippen LogP contribution in [0.5, 0.6) is 0 Å². The first-order valence-electron chi connectivity index (χ1n) is 8.63. The molecule has 0 radical (unpaired) electrons. The molecule has 2 N–H and O–H groups in total. The lowest BCUT2D eigenvalue weighted by Gasteiger charge is -2.34. The zero-order valence-electron chi connectivity index (χ0n) is 14.9. The molecule has 7 heteroatoms. The summed E-state index contributed by atoms with van der Waals surface area (Å²) in [6.45, 7) is 3.12. The third kappa shape index (κ3) is 6.43. The number of rotatable bonds is 8. The highest BCUT2D eigenvalue weighted by Crippen LogP contribution is 2.14. The van der Waals surface area contributed by atoms with E-state index in [2.05, 4.69) is 15.5 Å². The van der Waals surface area contributed by atoms with E-state index >= 15 is 0 Å². The number of carbonyl (C=O) groups excluding carboxylic acids is 2. The maximum atomic E-state index is 13.4. The van der Waals surface area contributed by atoms with Gasteiger partial charge in [-0.3, -0.25) is 14.5 Å². The monoisotopic (exact) mass is 350 g/mol. The van der Waals surface area contributed by atoms with Gasteiger partial charge in [-0.25, -0.2) is 4.39 Å². The van der Waals surface area contributed by atoms with Crippen molar-refractivity contribution in [2.24, 2.45) is 0 Å². The minimum atomic E-state index is -0.522. The second-order valence-electron chi connectivity index (χ2n) is 6.62. The van der Waals surface area contributed by atoms with E-state index in [-0.39, 0.29) is 24.1 Å². The van der Waals surface area contributed by atoms with Crippen molar-refractivity contribution in [3.8, 4) is 0 Å². The number of nitrogens with zero attached hydrogens (tertiary/aromatic N) is 2. The molecule has 1 saturated heterocycles. The number of hydrogen-bond donors (Lipinski definition) is 2. The van der Waals surface area contributed by atoms with Crippen LogP contribution in [-0.2, 0) is 16.1 Å². The van der Waals surface area contributed by atoms with Crippen molar-refractivity contribution in [1.29, 1.82) is 0 Å². The van der Waals surface area contributed by atoms with Crippen molar-refractivity contribution in [1.82, 2.24) is 20.4 Å². The minimum absolute atomic E-state index is 0.114. The maximum Gasteiger partial charge on any atom is 0.237 e. The van der Waals surface area contributed by atoms with Crippen LogP contribution in [0.25, 0.3) is 0 Å². The number of hydrogen-bond acceptors (Lipinski definition) is 4. The van der Waals surface area contributed by atoms with Gasteiger partial charge in [-0.1, -0.05) is 12.1 Å². The summed E-state index contributed by atoms with van der Waals surface area (Å²) in [4.78, 5) is 28.4. The molecule has 0 bridgehead atoms. The molecule has 1 atom stereocenters. The molecule has 1 aliphatic rings. The lowest BCUT2D eigenvalue weighted by Crippen LogP contribution is -2.56. The number of nitrogens with one attached hydrogen (secondary N) is 2. The number of halogens is 1. The number of piperazine rings is 1. The topological polar surface area (TPSA) is 64.7 Å². The number of benzene rings is 1. The van der Waals surface area contributed by atoms with Crippen molar-refractivity contribution < 1.29 is 14.0 Å². The van der Waals surface area contributed by atoms with Crippen molar-refractivity contribution >= 4 is 11.8 Å². The van der Waals surface area contributed by atoms with Crippen molar-refractivity contribution in [3.05, 3.63) is 35.6 Å². The van der Waals surface area contributed by atoms with Gasteiger partial charge in [0.15, 0.2) is 0 Å². The zero-order valence-corrected chi connectivity index (χ0v) is 14.9. The molecule has 2 rings (SSSR count). The van der Waals surface area contributed by atoms with Gasteiger partial charge in [-0.05, 0) is 44.8 Å². The first kappa shape index (κ1) is 19.3. The summed E-state index contributed by atoms with van der Waals surface area (Å²) >= 11 is 0. The van der Waals surface area contributed by atoms with Crippen LogP contribution in [0.4, 0.5) is 4.39 Å². The lowest BCUT2D eigenvalue weighted by atomic mass is 10.1. The molecule has 25 heavy (non-hydrogen) atoms. The van der Waals surface area contributed by atoms with Crippen molar-refractivity contribution in [2.75, 3.05) is 40.3 Å². The van der Waals surface area contributed by atoms with Gasteiger partial charge in [0.05, 0.1) is 12.5 Å². The first-order valence-corrected chi connectivity index (χ1v) is 8.63. The molecular weight excluding hydrogens is 323 g/mol. The van der Waals surface area contributed by atoms with Crippen LogP contribution in [0.1, 0.15) is 18.4 Å². The number of amides is 2. The Morgan fingerprint density at radius 2 is 2.24 bits per heavy atom. The zero-order chi connectivity index (χ0) is 18.2. The number of carbonyl (C=O) groups is 2. The van der Waals surface area contributed by atoms with Gasteiger partial charge in [-0.15, -0.1) is 0 Å². The quantitative estimate of drug-likeness (QED) is 0.674. The first-order chi connectivity index (χ1) is 12.0. The molecule has 1 fully saturated rings. The summed E-state index contributed by atoms with van der Waals surface area (Å²) < 4.78 is 13.4. The minimum Gasteiger partial charge on any atom is -0.356 e. The van der Waals surface area contributed by atoms with Crippen LogP contribution in [-0.4, -0.2) is 67.9 Å². The highest BCUT2D eigenvalue weighted by molar-refractivity contribution is 5.88. The maximum absolute atomic E-state index is 13.4. The lowest BCUT2D eigenvalue weighted by molar-refractivity contribution is -0.134. The van der Waals surface area contributed by atoms with Crippen molar-refractivity contribution in [2.45, 2.75) is 25.4 Å². The van der Waals surface area contributed by atoms with E-state index in [1.807, 2.05) is 25.1 Å². The van der Waals surface area contributed by atoms with Crippen LogP contribution in [0.3, 0.4) is 0 Å². The second kappa shape index (κ2) is 9.48. The third-order valence-corrected chi connectivity index (χ3v) is 4.20. The molecule has 0 spiro atoms. The standard InChI is InChI=1S/C18H27FN4O2/c1-22(2)9-4-7-20-17(24)12-16-18(25)21-8-10-23(16)13-14-5-3-6-15(19)11-14/h3,5-6,11,16H,4,7-10,12-13H2,1-2H3,(H,20,24)(H,21,25)/t16-/m0/s1. The van der Waals surface area contributed by atoms with Gasteiger partial charge in [0, 0.05) is 26.2 Å². The summed E-state index contributed by atoms with van der Waals surface area (Å²) in [5, 5.41) is 5.67. The molecule has 1 aromatic rings. The molecule has 1 aliphatic heterocycles. The fourth-order valence-corrected chi connectivity index (χ4v) is 2.91. The molecule has 6 nitrogen and oxygen atoms in total. The third-order valence-electron chi connectivity index (χ3n) is 4.20. The molecule has 0 unspecified atom stereocenters. The molecular formula is C18H27FN4O2. The molecule has 1 aromatic carbocycles. The average Bonchev–Trinajstić information content (AvgIpc) is 2.55. The average molecular weight is 350 g/mol. The summed E-state index contributed by atoms with van der Waals surface area (Å²) in [6.07, 6.45) is 0.978. The Balaban J connectivity index is 1.90. The van der Waals surface area contributed by atoms with Crippen LogP contribution in [0.2, 0.25) is 0 Å². The predicted octanol–water partition coefficient (Wildman–Crippen LogP) is 0.584. The molecule has 1 heterocycles. The second-order valence-corrected chi connectivity index (χ2v) is 6.62. The van der Waals surface area contributed by atoms with E-state index in [9.17, 15) is 14.0 Å². The Morgan fingerprint density at radius 1 is 1.44 bits per heavy atom. The van der Waals surface area contributed by atoms with E-state index in [4.69, 9.17) is 0 Å². The van der Waals surface area contributed by atoms with Crippen molar-refractivity contribution in [3.63, 3.8) is 0 Å². The largest absolute Gasteiger partial charge is 0.356 e. The van der Waals surface area contributed by atoms with Gasteiger partial charge >= 0.3 is 0 Å². The van der Waals surface area contributed by atoms with Gasteiger partial charge in [0.2, 0.25) is 11.8 Å². The van der Waals surface area contributed by atoms with Gasteiger partial charge < -0.3 is 15.5 Å². The highest BCUT2D eigenvalue weighted by Gasteiger charge is 2.31. The van der Waals surface area contributed by atoms with E-state index in [0.29, 0.717) is 26.2 Å². The fourth-order valence-electron chi connectivity index (χ4n) is 2.91. The molecule has 0 aromatic heterocycles. The van der Waals surface area contributed by atoms with Gasteiger partial charge in [0.1, 0.15) is 5.82 Å². The van der Waals surface area contributed by atoms with Crippen LogP contribution < -0.4 is 10.6 Å². The Kier molecular flexibility index (Phi) is 7.33. The molecule has 0 aliphatic carbocycles. The summed E-state index contributed by atoms with van der Waals surface area (Å²) in [6, 6.07) is 5.82. The summed E-state index contributed by atoms with van der Waals surface area (Å²) in [7, 11) is 3.97. The Hall–Kier alpha value is -1.99. The van der Waals surface area contributed by atoms with Crippen LogP contribution >= 0.6 is 0 Å². The normalized spacial score (nSPS) is 18.2. The smallest absolute Gasteiger partial charge is 0.237 e. The van der Waals surface area contributed by atoms with E-state index < -0.39 is 6.04 Å². The van der Waals surface area contributed by atoms with Gasteiger partial charge in [-0.2, -0.15) is 0 Å². The SMILES string of the molecule is CN(C)CCCNC(=O)C[C@H]1C(=O)NCCN1Cc1cccc(F)c1. The van der Waals surface area contributed by atoms with E-state index in [1.54, 1.807) is 6.07 Å². The molecule has 138 valence electrons.